The minimum atomic E-state index is -2.67. The SMILES string of the molecule is Nc1nc(N)c2ncn([C@@H]3O[C@H](CO)C(O)[C@]3(F)Cl)c2n1. The topological polar surface area (TPSA) is 145 Å². The van der Waals surface area contributed by atoms with Crippen molar-refractivity contribution in [3.8, 4) is 0 Å². The Labute approximate surface area is 122 Å². The van der Waals surface area contributed by atoms with Crippen molar-refractivity contribution in [1.29, 1.82) is 0 Å². The lowest BCUT2D eigenvalue weighted by molar-refractivity contribution is -0.0482. The first-order valence-electron chi connectivity index (χ1n) is 5.94. The first kappa shape index (κ1) is 14.2. The standard InChI is InChI=1S/C10H12ClFN6O3/c11-10(12)5(20)3(1-19)21-8(10)18-2-15-4-6(13)16-9(14)17-7(4)18/h2-3,5,8,19-20H,1H2,(H4,13,14,16,17)/t3-,5?,8-,10-/m1/s1. The fourth-order valence-electron chi connectivity index (χ4n) is 2.25. The largest absolute Gasteiger partial charge is 0.394 e. The van der Waals surface area contributed by atoms with E-state index in [4.69, 9.17) is 32.9 Å². The van der Waals surface area contributed by atoms with Crippen LogP contribution in [-0.4, -0.2) is 53.7 Å². The average molecular weight is 319 g/mol. The monoisotopic (exact) mass is 318 g/mol. The maximum absolute atomic E-state index is 14.5. The number of imidazole rings is 1. The van der Waals surface area contributed by atoms with Gasteiger partial charge in [-0.1, -0.05) is 11.6 Å². The third-order valence-electron chi connectivity index (χ3n) is 3.28. The van der Waals surface area contributed by atoms with E-state index in [1.54, 1.807) is 0 Å². The number of hydrogen-bond donors (Lipinski definition) is 4. The summed E-state index contributed by atoms with van der Waals surface area (Å²) in [5.41, 5.74) is 11.5. The van der Waals surface area contributed by atoms with Crippen molar-refractivity contribution < 1.29 is 19.3 Å². The highest BCUT2D eigenvalue weighted by atomic mass is 35.5. The van der Waals surface area contributed by atoms with Gasteiger partial charge in [-0.2, -0.15) is 9.97 Å². The molecule has 11 heteroatoms. The van der Waals surface area contributed by atoms with E-state index < -0.39 is 30.2 Å². The van der Waals surface area contributed by atoms with Crippen LogP contribution in [0.25, 0.3) is 11.2 Å². The molecule has 9 nitrogen and oxygen atoms in total. The van der Waals surface area contributed by atoms with Crippen LogP contribution in [0, 0.1) is 0 Å². The molecule has 4 atom stereocenters. The van der Waals surface area contributed by atoms with E-state index in [0.717, 1.165) is 4.57 Å². The van der Waals surface area contributed by atoms with Gasteiger partial charge in [0.2, 0.25) is 5.95 Å². The van der Waals surface area contributed by atoms with Crippen molar-refractivity contribution in [3.05, 3.63) is 6.33 Å². The molecular weight excluding hydrogens is 307 g/mol. The molecule has 0 amide bonds. The number of hydrogen-bond acceptors (Lipinski definition) is 8. The minimum Gasteiger partial charge on any atom is -0.394 e. The summed E-state index contributed by atoms with van der Waals surface area (Å²) in [7, 11) is 0. The lowest BCUT2D eigenvalue weighted by Crippen LogP contribution is -2.38. The number of fused-ring (bicyclic) bond motifs is 1. The van der Waals surface area contributed by atoms with Gasteiger partial charge in [-0.3, -0.25) is 4.57 Å². The number of anilines is 2. The Morgan fingerprint density at radius 3 is 2.81 bits per heavy atom. The van der Waals surface area contributed by atoms with Crippen LogP contribution in [0.1, 0.15) is 6.23 Å². The summed E-state index contributed by atoms with van der Waals surface area (Å²) in [4.78, 5) is 11.6. The number of nitrogens with zero attached hydrogens (tertiary/aromatic N) is 4. The summed E-state index contributed by atoms with van der Waals surface area (Å²) in [6.45, 7) is -0.595. The molecule has 0 aliphatic carbocycles. The van der Waals surface area contributed by atoms with Crippen LogP contribution in [0.15, 0.2) is 6.33 Å². The third-order valence-corrected chi connectivity index (χ3v) is 3.69. The summed E-state index contributed by atoms with van der Waals surface area (Å²) in [6.07, 6.45) is -3.15. The van der Waals surface area contributed by atoms with Gasteiger partial charge in [-0.15, -0.1) is 0 Å². The Balaban J connectivity index is 2.13. The second kappa shape index (κ2) is 4.63. The van der Waals surface area contributed by atoms with Gasteiger partial charge in [0.1, 0.15) is 17.7 Å². The number of aliphatic hydroxyl groups excluding tert-OH is 2. The highest BCUT2D eigenvalue weighted by Crippen LogP contribution is 2.45. The smallest absolute Gasteiger partial charge is 0.256 e. The number of nitrogens with two attached hydrogens (primary N) is 2. The van der Waals surface area contributed by atoms with Crippen molar-refractivity contribution >= 4 is 34.5 Å². The first-order chi connectivity index (χ1) is 9.86. The van der Waals surface area contributed by atoms with Crippen LogP contribution in [0.4, 0.5) is 16.2 Å². The quantitative estimate of drug-likeness (QED) is 0.524. The maximum Gasteiger partial charge on any atom is 0.256 e. The van der Waals surface area contributed by atoms with Crippen molar-refractivity contribution in [2.45, 2.75) is 23.6 Å². The summed E-state index contributed by atoms with van der Waals surface area (Å²) in [5.74, 6) is -0.106. The molecule has 2 aromatic heterocycles. The molecule has 0 saturated carbocycles. The molecule has 1 saturated heterocycles. The van der Waals surface area contributed by atoms with Crippen LogP contribution in [0.2, 0.25) is 0 Å². The predicted molar refractivity (Wildman–Crippen MR) is 70.8 cm³/mol. The molecular formula is C10H12ClFN6O3. The lowest BCUT2D eigenvalue weighted by Gasteiger charge is -2.22. The highest BCUT2D eigenvalue weighted by molar-refractivity contribution is 6.23. The zero-order valence-corrected chi connectivity index (χ0v) is 11.3. The Kier molecular flexibility index (Phi) is 3.13. The molecule has 114 valence electrons. The fourth-order valence-corrected chi connectivity index (χ4v) is 2.54. The van der Waals surface area contributed by atoms with Crippen LogP contribution < -0.4 is 11.5 Å². The van der Waals surface area contributed by atoms with Gasteiger partial charge in [-0.25, -0.2) is 9.37 Å². The van der Waals surface area contributed by atoms with E-state index in [0.29, 0.717) is 0 Å². The summed E-state index contributed by atoms with van der Waals surface area (Å²) >= 11 is 5.72. The fraction of sp³-hybridized carbons (Fsp3) is 0.500. The number of alkyl halides is 2. The minimum absolute atomic E-state index is 0.0209. The molecule has 0 bridgehead atoms. The lowest BCUT2D eigenvalue weighted by atomic mass is 10.1. The summed E-state index contributed by atoms with van der Waals surface area (Å²) in [6, 6.07) is 0. The van der Waals surface area contributed by atoms with Gasteiger partial charge in [0.05, 0.1) is 12.9 Å². The second-order valence-electron chi connectivity index (χ2n) is 4.62. The summed E-state index contributed by atoms with van der Waals surface area (Å²) < 4.78 is 20.9. The highest BCUT2D eigenvalue weighted by Gasteiger charge is 2.57. The Morgan fingerprint density at radius 2 is 2.19 bits per heavy atom. The van der Waals surface area contributed by atoms with Crippen molar-refractivity contribution in [1.82, 2.24) is 19.5 Å². The predicted octanol–water partition coefficient (Wildman–Crippen LogP) is -0.854. The van der Waals surface area contributed by atoms with Crippen molar-refractivity contribution in [2.24, 2.45) is 0 Å². The number of ether oxygens (including phenoxy) is 1. The molecule has 2 aromatic rings. The first-order valence-corrected chi connectivity index (χ1v) is 6.31. The maximum atomic E-state index is 14.5. The molecule has 6 N–H and O–H groups in total. The van der Waals surface area contributed by atoms with Crippen LogP contribution >= 0.6 is 11.6 Å². The normalized spacial score (nSPS) is 32.9. The van der Waals surface area contributed by atoms with E-state index in [9.17, 15) is 9.50 Å². The Bertz CT molecular complexity index is 695. The number of aromatic nitrogens is 4. The second-order valence-corrected chi connectivity index (χ2v) is 5.20. The molecule has 1 aliphatic rings. The molecule has 1 fully saturated rings. The number of nitrogen functional groups attached to an aromatic ring is 2. The van der Waals surface area contributed by atoms with E-state index in [1.807, 2.05) is 0 Å². The van der Waals surface area contributed by atoms with Crippen LogP contribution in [-0.2, 0) is 4.74 Å². The molecule has 3 rings (SSSR count). The number of halogens is 2. The Morgan fingerprint density at radius 1 is 1.48 bits per heavy atom. The third kappa shape index (κ3) is 1.99. The molecule has 0 radical (unpaired) electrons. The van der Waals surface area contributed by atoms with Crippen molar-refractivity contribution in [2.75, 3.05) is 18.1 Å². The van der Waals surface area contributed by atoms with Crippen LogP contribution in [0.5, 0.6) is 0 Å². The van der Waals surface area contributed by atoms with Crippen molar-refractivity contribution in [3.63, 3.8) is 0 Å². The summed E-state index contributed by atoms with van der Waals surface area (Å²) in [5, 5.41) is 16.2. The molecule has 0 aromatic carbocycles. The van der Waals surface area contributed by atoms with Gasteiger partial charge in [0.15, 0.2) is 17.7 Å². The van der Waals surface area contributed by atoms with Gasteiger partial charge < -0.3 is 26.4 Å². The zero-order chi connectivity index (χ0) is 15.4. The molecule has 0 spiro atoms. The van der Waals surface area contributed by atoms with E-state index >= 15 is 0 Å². The molecule has 1 aliphatic heterocycles. The number of rotatable bonds is 2. The van der Waals surface area contributed by atoms with E-state index in [2.05, 4.69) is 15.0 Å². The number of aliphatic hydroxyl groups is 2. The van der Waals surface area contributed by atoms with Gasteiger partial charge >= 0.3 is 0 Å². The Hall–Kier alpha value is -1.75. The molecule has 3 heterocycles. The molecule has 1 unspecified atom stereocenters. The van der Waals surface area contributed by atoms with Crippen LogP contribution in [0.3, 0.4) is 0 Å². The average Bonchev–Trinajstić information content (AvgIpc) is 2.91. The van der Waals surface area contributed by atoms with Gasteiger partial charge in [0.25, 0.3) is 5.13 Å². The van der Waals surface area contributed by atoms with E-state index in [-0.39, 0.29) is 22.9 Å². The van der Waals surface area contributed by atoms with Gasteiger partial charge in [0, 0.05) is 0 Å². The zero-order valence-electron chi connectivity index (χ0n) is 10.5. The molecule has 21 heavy (non-hydrogen) atoms. The van der Waals surface area contributed by atoms with E-state index in [1.165, 1.54) is 6.33 Å². The van der Waals surface area contributed by atoms with Gasteiger partial charge in [-0.05, 0) is 0 Å².